The van der Waals surface area contributed by atoms with Gasteiger partial charge in [0.15, 0.2) is 0 Å². The molecule has 3 aromatic rings. The maximum atomic E-state index is 10.6. The van der Waals surface area contributed by atoms with Gasteiger partial charge in [0.05, 0.1) is 0 Å². The Morgan fingerprint density at radius 3 is 2.68 bits per heavy atom. The van der Waals surface area contributed by atoms with Crippen molar-refractivity contribution in [1.82, 2.24) is 25.2 Å². The van der Waals surface area contributed by atoms with Gasteiger partial charge in [0, 0.05) is 38.4 Å². The predicted octanol–water partition coefficient (Wildman–Crippen LogP) is 3.47. The number of allylic oxidation sites excluding steroid dienone is 1. The molecule has 10 heteroatoms. The number of aliphatic hydroxyl groups excluding tert-OH is 1. The highest BCUT2D eigenvalue weighted by molar-refractivity contribution is 5.85. The lowest BCUT2D eigenvalue weighted by Crippen LogP contribution is -2.49. The molecule has 1 saturated heterocycles. The SMILES string of the molecule is C=NC(=N/C(O)=C(\C)Cc1ccccc1)N1CCN(c2ncnc(Nc3ccc4c(c3)CNCC4)n2)CC1. The molecule has 0 radical (unpaired) electrons. The second-order valence-corrected chi connectivity index (χ2v) is 9.45. The summed E-state index contributed by atoms with van der Waals surface area (Å²) in [5.41, 5.74) is 5.54. The van der Waals surface area contributed by atoms with Crippen molar-refractivity contribution in [3.63, 3.8) is 0 Å². The number of aliphatic imine (C=N–C) groups is 2. The normalized spacial score (nSPS) is 16.5. The molecule has 2 aromatic carbocycles. The van der Waals surface area contributed by atoms with Crippen LogP contribution in [0.25, 0.3) is 0 Å². The number of piperazine rings is 1. The molecule has 5 rings (SSSR count). The Hall–Kier alpha value is -4.31. The predicted molar refractivity (Wildman–Crippen MR) is 151 cm³/mol. The highest BCUT2D eigenvalue weighted by Gasteiger charge is 2.22. The van der Waals surface area contributed by atoms with Crippen molar-refractivity contribution in [2.24, 2.45) is 9.98 Å². The highest BCUT2D eigenvalue weighted by atomic mass is 16.3. The molecule has 196 valence electrons. The first kappa shape index (κ1) is 25.3. The number of anilines is 3. The maximum Gasteiger partial charge on any atom is 0.231 e. The van der Waals surface area contributed by atoms with Crippen molar-refractivity contribution in [3.8, 4) is 0 Å². The summed E-state index contributed by atoms with van der Waals surface area (Å²) < 4.78 is 0. The van der Waals surface area contributed by atoms with E-state index in [0.29, 0.717) is 50.5 Å². The monoisotopic (exact) mass is 511 g/mol. The third kappa shape index (κ3) is 6.15. The van der Waals surface area contributed by atoms with E-state index in [1.54, 1.807) is 0 Å². The van der Waals surface area contributed by atoms with Crippen LogP contribution in [0, 0.1) is 0 Å². The number of nitrogens with one attached hydrogen (secondary N) is 2. The highest BCUT2D eigenvalue weighted by Crippen LogP contribution is 2.22. The van der Waals surface area contributed by atoms with Crippen LogP contribution >= 0.6 is 0 Å². The Labute approximate surface area is 222 Å². The zero-order valence-corrected chi connectivity index (χ0v) is 21.6. The summed E-state index contributed by atoms with van der Waals surface area (Å²) in [7, 11) is 0. The fourth-order valence-corrected chi connectivity index (χ4v) is 4.67. The number of hydrogen-bond donors (Lipinski definition) is 3. The van der Waals surface area contributed by atoms with E-state index in [1.807, 2.05) is 42.2 Å². The Bertz CT molecular complexity index is 1330. The number of fused-ring (bicyclic) bond motifs is 1. The molecule has 0 aliphatic carbocycles. The van der Waals surface area contributed by atoms with Crippen LogP contribution in [0.15, 0.2) is 76.3 Å². The van der Waals surface area contributed by atoms with Gasteiger partial charge >= 0.3 is 0 Å². The summed E-state index contributed by atoms with van der Waals surface area (Å²) in [6.07, 6.45) is 3.20. The minimum Gasteiger partial charge on any atom is -0.493 e. The van der Waals surface area contributed by atoms with Crippen molar-refractivity contribution in [3.05, 3.63) is 83.0 Å². The fourth-order valence-electron chi connectivity index (χ4n) is 4.67. The molecule has 0 spiro atoms. The summed E-state index contributed by atoms with van der Waals surface area (Å²) in [5, 5.41) is 17.3. The fraction of sp³-hybridized carbons (Fsp3) is 0.321. The molecule has 0 unspecified atom stereocenters. The van der Waals surface area contributed by atoms with Crippen LogP contribution in [0.5, 0.6) is 0 Å². The maximum absolute atomic E-state index is 10.6. The van der Waals surface area contributed by atoms with Gasteiger partial charge in [-0.1, -0.05) is 36.4 Å². The quantitative estimate of drug-likeness (QED) is 0.262. The minimum atomic E-state index is -0.0233. The Balaban J connectivity index is 1.21. The molecule has 2 aliphatic rings. The third-order valence-electron chi connectivity index (χ3n) is 6.79. The molecular formula is C28H33N9O. The van der Waals surface area contributed by atoms with E-state index >= 15 is 0 Å². The molecule has 38 heavy (non-hydrogen) atoms. The van der Waals surface area contributed by atoms with Crippen LogP contribution in [-0.4, -0.2) is 70.4 Å². The van der Waals surface area contributed by atoms with Crippen LogP contribution in [0.3, 0.4) is 0 Å². The first-order chi connectivity index (χ1) is 18.6. The van der Waals surface area contributed by atoms with Crippen LogP contribution in [0.2, 0.25) is 0 Å². The average molecular weight is 512 g/mol. The number of rotatable bonds is 6. The molecule has 0 saturated carbocycles. The molecule has 10 nitrogen and oxygen atoms in total. The van der Waals surface area contributed by atoms with Gasteiger partial charge in [0.25, 0.3) is 0 Å². The van der Waals surface area contributed by atoms with E-state index in [4.69, 9.17) is 0 Å². The molecule has 1 aromatic heterocycles. The van der Waals surface area contributed by atoms with Crippen LogP contribution in [0.4, 0.5) is 17.6 Å². The Morgan fingerprint density at radius 1 is 1.08 bits per heavy atom. The summed E-state index contributed by atoms with van der Waals surface area (Å²) >= 11 is 0. The van der Waals surface area contributed by atoms with Crippen LogP contribution in [-0.2, 0) is 19.4 Å². The number of hydrogen-bond acceptors (Lipinski definition) is 8. The van der Waals surface area contributed by atoms with Gasteiger partial charge in [0.1, 0.15) is 6.33 Å². The van der Waals surface area contributed by atoms with Gasteiger partial charge in [-0.05, 0) is 67.4 Å². The lowest BCUT2D eigenvalue weighted by atomic mass is 10.0. The molecular weight excluding hydrogens is 478 g/mol. The number of aromatic nitrogens is 3. The number of guanidine groups is 1. The standard InChI is InChI=1S/C28H33N9O/c1-20(16-21-6-4-3-5-7-21)25(38)34-27(29-2)36-12-14-37(15-13-36)28-32-19-31-26(35-28)33-24-9-8-22-10-11-30-18-23(22)17-24/h3-9,17,19,30,38H,2,10-16,18H2,1H3,(H,31,32,33,35)/b25-20-,34-27?. The molecule has 3 heterocycles. The number of benzene rings is 2. The molecule has 0 bridgehead atoms. The van der Waals surface area contributed by atoms with Gasteiger partial charge in [0.2, 0.25) is 23.7 Å². The summed E-state index contributed by atoms with van der Waals surface area (Å²) in [5.74, 6) is 1.52. The zero-order chi connectivity index (χ0) is 26.3. The van der Waals surface area contributed by atoms with E-state index in [0.717, 1.165) is 36.3 Å². The van der Waals surface area contributed by atoms with Crippen molar-refractivity contribution >= 4 is 30.3 Å². The van der Waals surface area contributed by atoms with Crippen molar-refractivity contribution in [1.29, 1.82) is 0 Å². The smallest absolute Gasteiger partial charge is 0.231 e. The minimum absolute atomic E-state index is 0.0233. The van der Waals surface area contributed by atoms with Gasteiger partial charge in [-0.15, -0.1) is 0 Å². The van der Waals surface area contributed by atoms with E-state index in [2.05, 4.69) is 65.4 Å². The Morgan fingerprint density at radius 2 is 1.89 bits per heavy atom. The van der Waals surface area contributed by atoms with E-state index in [9.17, 15) is 5.11 Å². The average Bonchev–Trinajstić information content (AvgIpc) is 2.96. The third-order valence-corrected chi connectivity index (χ3v) is 6.79. The molecule has 2 aliphatic heterocycles. The molecule has 0 amide bonds. The molecule has 0 atom stereocenters. The second kappa shape index (κ2) is 11.8. The van der Waals surface area contributed by atoms with Crippen molar-refractivity contribution in [2.45, 2.75) is 26.3 Å². The van der Waals surface area contributed by atoms with Gasteiger partial charge in [-0.2, -0.15) is 9.98 Å². The van der Waals surface area contributed by atoms with Crippen molar-refractivity contribution < 1.29 is 5.11 Å². The summed E-state index contributed by atoms with van der Waals surface area (Å²) in [6.45, 7) is 10.1. The van der Waals surface area contributed by atoms with Gasteiger partial charge < -0.3 is 25.5 Å². The van der Waals surface area contributed by atoms with Crippen LogP contribution < -0.4 is 15.5 Å². The second-order valence-electron chi connectivity index (χ2n) is 9.45. The van der Waals surface area contributed by atoms with Gasteiger partial charge in [-0.25, -0.2) is 15.0 Å². The largest absolute Gasteiger partial charge is 0.493 e. The lowest BCUT2D eigenvalue weighted by molar-refractivity contribution is 0.366. The Kier molecular flexibility index (Phi) is 7.89. The molecule has 1 fully saturated rings. The number of nitrogens with zero attached hydrogens (tertiary/aromatic N) is 7. The zero-order valence-electron chi connectivity index (χ0n) is 21.6. The molecule has 3 N–H and O–H groups in total. The van der Waals surface area contributed by atoms with Gasteiger partial charge in [-0.3, -0.25) is 0 Å². The van der Waals surface area contributed by atoms with E-state index < -0.39 is 0 Å². The topological polar surface area (TPSA) is 114 Å². The summed E-state index contributed by atoms with van der Waals surface area (Å²) in [4.78, 5) is 25.9. The summed E-state index contributed by atoms with van der Waals surface area (Å²) in [6, 6.07) is 16.4. The van der Waals surface area contributed by atoms with Crippen LogP contribution in [0.1, 0.15) is 23.6 Å². The lowest BCUT2D eigenvalue weighted by Gasteiger charge is -2.35. The van der Waals surface area contributed by atoms with Crippen molar-refractivity contribution in [2.75, 3.05) is 42.9 Å². The van der Waals surface area contributed by atoms with E-state index in [1.165, 1.54) is 17.5 Å². The van der Waals surface area contributed by atoms with E-state index in [-0.39, 0.29) is 5.88 Å². The number of aliphatic hydroxyl groups is 1. The first-order valence-electron chi connectivity index (χ1n) is 12.9. The first-order valence-corrected chi connectivity index (χ1v) is 12.9.